The van der Waals surface area contributed by atoms with Gasteiger partial charge in [-0.15, -0.1) is 0 Å². The number of aromatic nitrogens is 2. The molecule has 1 amide bonds. The molecule has 0 bridgehead atoms. The highest BCUT2D eigenvalue weighted by Gasteiger charge is 2.17. The molecule has 2 aliphatic rings. The summed E-state index contributed by atoms with van der Waals surface area (Å²) in [6.07, 6.45) is 1.46. The minimum atomic E-state index is -0.296. The van der Waals surface area contributed by atoms with Gasteiger partial charge in [-0.25, -0.2) is 9.97 Å². The van der Waals surface area contributed by atoms with Crippen molar-refractivity contribution < 1.29 is 19.0 Å². The molecule has 1 saturated heterocycles. The van der Waals surface area contributed by atoms with Crippen LogP contribution in [0.1, 0.15) is 0 Å². The second kappa shape index (κ2) is 7.67. The van der Waals surface area contributed by atoms with E-state index in [1.807, 2.05) is 0 Å². The number of benzene rings is 1. The molecule has 1 aromatic heterocycles. The van der Waals surface area contributed by atoms with Crippen LogP contribution in [0.25, 0.3) is 0 Å². The minimum Gasteiger partial charge on any atom is -0.484 e. The Balaban J connectivity index is 1.32. The lowest BCUT2D eigenvalue weighted by Crippen LogP contribution is -2.44. The van der Waals surface area contributed by atoms with Gasteiger partial charge >= 0.3 is 0 Å². The fourth-order valence-corrected chi connectivity index (χ4v) is 2.92. The van der Waals surface area contributed by atoms with Gasteiger partial charge in [0, 0.05) is 38.3 Å². The fraction of sp³-hybridized carbons (Fsp3) is 0.389. The van der Waals surface area contributed by atoms with E-state index in [-0.39, 0.29) is 19.3 Å². The number of ether oxygens (including phenoxy) is 3. The number of carbonyl (C=O) groups is 1. The highest BCUT2D eigenvalue weighted by molar-refractivity contribution is 5.91. The van der Waals surface area contributed by atoms with E-state index < -0.39 is 0 Å². The highest BCUT2D eigenvalue weighted by Crippen LogP contribution is 2.35. The molecule has 1 fully saturated rings. The van der Waals surface area contributed by atoms with Crippen molar-refractivity contribution in [2.75, 3.05) is 56.8 Å². The molecule has 0 atom stereocenters. The molecular formula is C18H21N5O4. The van der Waals surface area contributed by atoms with Crippen molar-refractivity contribution in [1.29, 1.82) is 0 Å². The molecule has 0 unspecified atom stereocenters. The Hall–Kier alpha value is -3.07. The molecule has 142 valence electrons. The zero-order valence-corrected chi connectivity index (χ0v) is 15.1. The number of amides is 1. The van der Waals surface area contributed by atoms with Gasteiger partial charge in [0.1, 0.15) is 23.7 Å². The van der Waals surface area contributed by atoms with E-state index in [0.717, 1.165) is 32.0 Å². The molecule has 0 aliphatic carbocycles. The Bertz CT molecular complexity index is 823. The van der Waals surface area contributed by atoms with Crippen LogP contribution in [0.15, 0.2) is 30.6 Å². The van der Waals surface area contributed by atoms with Crippen molar-refractivity contribution in [1.82, 2.24) is 14.9 Å². The zero-order valence-electron chi connectivity index (χ0n) is 15.1. The number of anilines is 2. The van der Waals surface area contributed by atoms with Crippen LogP contribution in [-0.4, -0.2) is 67.4 Å². The van der Waals surface area contributed by atoms with E-state index in [1.54, 1.807) is 24.3 Å². The highest BCUT2D eigenvalue weighted by atomic mass is 16.7. The number of hydrogen-bond acceptors (Lipinski definition) is 8. The Morgan fingerprint density at radius 1 is 1.15 bits per heavy atom. The molecule has 9 nitrogen and oxygen atoms in total. The average Bonchev–Trinajstić information content (AvgIpc) is 3.15. The molecule has 0 radical (unpaired) electrons. The zero-order chi connectivity index (χ0) is 18.6. The Kier molecular flexibility index (Phi) is 4.93. The van der Waals surface area contributed by atoms with Crippen molar-refractivity contribution >= 4 is 17.5 Å². The monoisotopic (exact) mass is 371 g/mol. The Morgan fingerprint density at radius 2 is 1.96 bits per heavy atom. The summed E-state index contributed by atoms with van der Waals surface area (Å²) in [5.41, 5.74) is 0. The van der Waals surface area contributed by atoms with Crippen LogP contribution in [0.5, 0.6) is 17.2 Å². The maximum Gasteiger partial charge on any atom is 0.263 e. The first kappa shape index (κ1) is 17.3. The van der Waals surface area contributed by atoms with Gasteiger partial charge in [-0.1, -0.05) is 0 Å². The third-order valence-electron chi connectivity index (χ3n) is 4.46. The van der Waals surface area contributed by atoms with Gasteiger partial charge in [-0.3, -0.25) is 4.79 Å². The van der Waals surface area contributed by atoms with Crippen molar-refractivity contribution in [2.24, 2.45) is 0 Å². The van der Waals surface area contributed by atoms with Crippen molar-refractivity contribution in [3.63, 3.8) is 0 Å². The van der Waals surface area contributed by atoms with E-state index in [0.29, 0.717) is 23.1 Å². The first-order valence-electron chi connectivity index (χ1n) is 8.75. The number of nitrogens with zero attached hydrogens (tertiary/aromatic N) is 4. The van der Waals surface area contributed by atoms with Gasteiger partial charge < -0.3 is 29.3 Å². The van der Waals surface area contributed by atoms with Gasteiger partial charge in [-0.05, 0) is 19.2 Å². The van der Waals surface area contributed by atoms with Crippen LogP contribution in [0, 0.1) is 0 Å². The molecule has 27 heavy (non-hydrogen) atoms. The standard InChI is InChI=1S/C18H21N5O4/c1-22-4-6-23(7-5-22)17-9-16(19-11-20-17)21-18(24)10-25-13-2-3-14-15(8-13)27-12-26-14/h2-3,8-9,11H,4-7,10,12H2,1H3,(H,19,20,21,24). The van der Waals surface area contributed by atoms with Crippen molar-refractivity contribution in [3.05, 3.63) is 30.6 Å². The maximum absolute atomic E-state index is 12.2. The lowest BCUT2D eigenvalue weighted by Gasteiger charge is -2.33. The lowest BCUT2D eigenvalue weighted by atomic mass is 10.3. The molecule has 1 aromatic carbocycles. The minimum absolute atomic E-state index is 0.131. The van der Waals surface area contributed by atoms with Crippen LogP contribution in [0.2, 0.25) is 0 Å². The summed E-state index contributed by atoms with van der Waals surface area (Å²) in [6, 6.07) is 6.97. The summed E-state index contributed by atoms with van der Waals surface area (Å²) in [4.78, 5) is 25.1. The number of nitrogens with one attached hydrogen (secondary N) is 1. The number of carbonyl (C=O) groups excluding carboxylic acids is 1. The van der Waals surface area contributed by atoms with E-state index in [1.165, 1.54) is 6.33 Å². The smallest absolute Gasteiger partial charge is 0.263 e. The quantitative estimate of drug-likeness (QED) is 0.832. The van der Waals surface area contributed by atoms with Crippen molar-refractivity contribution in [3.8, 4) is 17.2 Å². The second-order valence-corrected chi connectivity index (χ2v) is 6.40. The fourth-order valence-electron chi connectivity index (χ4n) is 2.92. The molecule has 0 saturated carbocycles. The van der Waals surface area contributed by atoms with E-state index in [2.05, 4.69) is 32.1 Å². The Morgan fingerprint density at radius 3 is 2.81 bits per heavy atom. The molecule has 3 heterocycles. The van der Waals surface area contributed by atoms with E-state index >= 15 is 0 Å². The third kappa shape index (κ3) is 4.20. The summed E-state index contributed by atoms with van der Waals surface area (Å²) < 4.78 is 16.1. The molecule has 1 N–H and O–H groups in total. The van der Waals surface area contributed by atoms with E-state index in [9.17, 15) is 4.79 Å². The summed E-state index contributed by atoms with van der Waals surface area (Å²) in [5.74, 6) is 2.79. The van der Waals surface area contributed by atoms with Crippen molar-refractivity contribution in [2.45, 2.75) is 0 Å². The summed E-state index contributed by atoms with van der Waals surface area (Å²) in [7, 11) is 2.10. The molecule has 2 aliphatic heterocycles. The summed E-state index contributed by atoms with van der Waals surface area (Å²) in [6.45, 7) is 3.82. The number of piperazine rings is 1. The maximum atomic E-state index is 12.2. The first-order valence-corrected chi connectivity index (χ1v) is 8.75. The average molecular weight is 371 g/mol. The number of hydrogen-bond donors (Lipinski definition) is 1. The largest absolute Gasteiger partial charge is 0.484 e. The van der Waals surface area contributed by atoms with Gasteiger partial charge in [0.25, 0.3) is 5.91 Å². The first-order chi connectivity index (χ1) is 13.2. The second-order valence-electron chi connectivity index (χ2n) is 6.40. The van der Waals surface area contributed by atoms with Crippen LogP contribution in [0.4, 0.5) is 11.6 Å². The van der Waals surface area contributed by atoms with Gasteiger partial charge in [0.15, 0.2) is 18.1 Å². The van der Waals surface area contributed by atoms with Crippen LogP contribution in [0.3, 0.4) is 0 Å². The number of rotatable bonds is 5. The molecule has 9 heteroatoms. The molecule has 2 aromatic rings. The van der Waals surface area contributed by atoms with Gasteiger partial charge in [0.05, 0.1) is 0 Å². The topological polar surface area (TPSA) is 89.1 Å². The van der Waals surface area contributed by atoms with Gasteiger partial charge in [-0.2, -0.15) is 0 Å². The van der Waals surface area contributed by atoms with Gasteiger partial charge in [0.2, 0.25) is 6.79 Å². The van der Waals surface area contributed by atoms with Crippen LogP contribution >= 0.6 is 0 Å². The molecular weight excluding hydrogens is 350 g/mol. The Labute approximate surface area is 156 Å². The normalized spacial score (nSPS) is 16.3. The number of fused-ring (bicyclic) bond motifs is 1. The van der Waals surface area contributed by atoms with E-state index in [4.69, 9.17) is 14.2 Å². The predicted octanol–water partition coefficient (Wildman–Crippen LogP) is 0.975. The lowest BCUT2D eigenvalue weighted by molar-refractivity contribution is -0.118. The summed E-state index contributed by atoms with van der Waals surface area (Å²) in [5, 5.41) is 2.74. The molecule has 0 spiro atoms. The van der Waals surface area contributed by atoms with Crippen LogP contribution in [-0.2, 0) is 4.79 Å². The summed E-state index contributed by atoms with van der Waals surface area (Å²) >= 11 is 0. The number of likely N-dealkylation sites (N-methyl/N-ethyl adjacent to an activating group) is 1. The SMILES string of the molecule is CN1CCN(c2cc(NC(=O)COc3ccc4c(c3)OCO4)ncn2)CC1. The predicted molar refractivity (Wildman–Crippen MR) is 98.4 cm³/mol. The van der Waals surface area contributed by atoms with Crippen LogP contribution < -0.4 is 24.4 Å². The third-order valence-corrected chi connectivity index (χ3v) is 4.46. The molecule has 4 rings (SSSR count).